The molecule has 0 aliphatic rings. The molecule has 0 saturated carbocycles. The minimum Gasteiger partial charge on any atom is -0.491 e. The molecule has 0 heterocycles. The van der Waals surface area contributed by atoms with Crippen LogP contribution in [0.15, 0.2) is 24.3 Å². The van der Waals surface area contributed by atoms with Crippen LogP contribution in [0, 0.1) is 0 Å². The fourth-order valence-corrected chi connectivity index (χ4v) is 1.29. The van der Waals surface area contributed by atoms with Crippen LogP contribution in [0.2, 0.25) is 0 Å². The minimum atomic E-state index is -0.369. The highest BCUT2D eigenvalue weighted by Crippen LogP contribution is 2.17. The van der Waals surface area contributed by atoms with Gasteiger partial charge in [-0.05, 0) is 52.0 Å². The van der Waals surface area contributed by atoms with E-state index in [1.54, 1.807) is 6.92 Å². The van der Waals surface area contributed by atoms with Crippen LogP contribution in [0.3, 0.4) is 0 Å². The summed E-state index contributed by atoms with van der Waals surface area (Å²) in [6.45, 7) is 7.72. The molecular weight excluding hydrogens is 202 g/mol. The summed E-state index contributed by atoms with van der Waals surface area (Å²) in [6, 6.07) is 7.80. The predicted octanol–water partition coefficient (Wildman–Crippen LogP) is 2.66. The summed E-state index contributed by atoms with van der Waals surface area (Å²) in [7, 11) is 0. The molecule has 0 spiro atoms. The summed E-state index contributed by atoms with van der Waals surface area (Å²) in [4.78, 5) is 0. The molecule has 1 aromatic carbocycles. The van der Waals surface area contributed by atoms with Gasteiger partial charge in [-0.2, -0.15) is 0 Å². The standard InChI is InChI=1S/C13H21NO2/c1-9(2)16-13-7-5-12(6-8-13)14-10(3)11(4)15/h5-11,14-15H,1-4H3. The zero-order valence-electron chi connectivity index (χ0n) is 10.4. The van der Waals surface area contributed by atoms with E-state index in [1.807, 2.05) is 45.0 Å². The van der Waals surface area contributed by atoms with Gasteiger partial charge in [0, 0.05) is 11.7 Å². The SMILES string of the molecule is CC(C)Oc1ccc(NC(C)C(C)O)cc1. The second-order valence-corrected chi connectivity index (χ2v) is 4.36. The van der Waals surface area contributed by atoms with Crippen molar-refractivity contribution in [1.29, 1.82) is 0 Å². The maximum Gasteiger partial charge on any atom is 0.119 e. The van der Waals surface area contributed by atoms with Crippen molar-refractivity contribution in [3.63, 3.8) is 0 Å². The molecule has 1 rings (SSSR count). The Balaban J connectivity index is 2.57. The highest BCUT2D eigenvalue weighted by molar-refractivity contribution is 5.47. The van der Waals surface area contributed by atoms with Gasteiger partial charge in [-0.3, -0.25) is 0 Å². The van der Waals surface area contributed by atoms with Crippen molar-refractivity contribution in [3.8, 4) is 5.75 Å². The molecule has 0 amide bonds. The van der Waals surface area contributed by atoms with E-state index in [0.717, 1.165) is 11.4 Å². The first-order chi connectivity index (χ1) is 7.49. The molecule has 2 atom stereocenters. The fourth-order valence-electron chi connectivity index (χ4n) is 1.29. The average molecular weight is 223 g/mol. The monoisotopic (exact) mass is 223 g/mol. The topological polar surface area (TPSA) is 41.5 Å². The van der Waals surface area contributed by atoms with E-state index in [-0.39, 0.29) is 18.2 Å². The van der Waals surface area contributed by atoms with Crippen LogP contribution in [0.4, 0.5) is 5.69 Å². The van der Waals surface area contributed by atoms with Crippen molar-refractivity contribution >= 4 is 5.69 Å². The second kappa shape index (κ2) is 5.75. The molecule has 0 bridgehead atoms. The van der Waals surface area contributed by atoms with Crippen LogP contribution in [0.25, 0.3) is 0 Å². The van der Waals surface area contributed by atoms with Gasteiger partial charge in [-0.1, -0.05) is 0 Å². The Morgan fingerprint density at radius 3 is 2.06 bits per heavy atom. The van der Waals surface area contributed by atoms with Gasteiger partial charge in [0.25, 0.3) is 0 Å². The molecule has 2 unspecified atom stereocenters. The third kappa shape index (κ3) is 4.11. The molecule has 0 aliphatic heterocycles. The molecule has 0 aliphatic carbocycles. The molecule has 2 N–H and O–H groups in total. The average Bonchev–Trinajstić information content (AvgIpc) is 2.20. The first-order valence-electron chi connectivity index (χ1n) is 5.70. The molecule has 0 saturated heterocycles. The lowest BCUT2D eigenvalue weighted by Gasteiger charge is -2.18. The maximum absolute atomic E-state index is 9.37. The summed E-state index contributed by atoms with van der Waals surface area (Å²) in [5.41, 5.74) is 0.990. The van der Waals surface area contributed by atoms with Gasteiger partial charge < -0.3 is 15.2 Å². The number of anilines is 1. The first-order valence-corrected chi connectivity index (χ1v) is 5.70. The number of rotatable bonds is 5. The van der Waals surface area contributed by atoms with Gasteiger partial charge in [0.1, 0.15) is 5.75 Å². The van der Waals surface area contributed by atoms with E-state index < -0.39 is 0 Å². The van der Waals surface area contributed by atoms with Crippen molar-refractivity contribution < 1.29 is 9.84 Å². The van der Waals surface area contributed by atoms with Gasteiger partial charge in [0.15, 0.2) is 0 Å². The Morgan fingerprint density at radius 2 is 1.62 bits per heavy atom. The maximum atomic E-state index is 9.37. The van der Waals surface area contributed by atoms with Crippen molar-refractivity contribution in [1.82, 2.24) is 0 Å². The van der Waals surface area contributed by atoms with E-state index in [4.69, 9.17) is 4.74 Å². The zero-order valence-corrected chi connectivity index (χ0v) is 10.4. The third-order valence-corrected chi connectivity index (χ3v) is 2.34. The number of hydrogen-bond acceptors (Lipinski definition) is 3. The van der Waals surface area contributed by atoms with E-state index in [9.17, 15) is 5.11 Å². The van der Waals surface area contributed by atoms with Crippen molar-refractivity contribution in [2.24, 2.45) is 0 Å². The van der Waals surface area contributed by atoms with E-state index >= 15 is 0 Å². The van der Waals surface area contributed by atoms with Crippen LogP contribution in [0.5, 0.6) is 5.75 Å². The Bertz CT molecular complexity index is 306. The summed E-state index contributed by atoms with van der Waals surface area (Å²) in [5, 5.41) is 12.6. The Kier molecular flexibility index (Phi) is 4.62. The van der Waals surface area contributed by atoms with Gasteiger partial charge in [-0.25, -0.2) is 0 Å². The number of aliphatic hydroxyl groups is 1. The molecule has 0 fully saturated rings. The lowest BCUT2D eigenvalue weighted by atomic mass is 10.2. The Hall–Kier alpha value is -1.22. The van der Waals surface area contributed by atoms with Gasteiger partial charge in [0.05, 0.1) is 12.2 Å². The third-order valence-electron chi connectivity index (χ3n) is 2.34. The van der Waals surface area contributed by atoms with Crippen LogP contribution in [-0.4, -0.2) is 23.4 Å². The second-order valence-electron chi connectivity index (χ2n) is 4.36. The molecule has 1 aromatic rings. The number of nitrogens with one attached hydrogen (secondary N) is 1. The van der Waals surface area contributed by atoms with Crippen molar-refractivity contribution in [3.05, 3.63) is 24.3 Å². The van der Waals surface area contributed by atoms with E-state index in [0.29, 0.717) is 0 Å². The Labute approximate surface area is 97.4 Å². The highest BCUT2D eigenvalue weighted by atomic mass is 16.5. The molecule has 0 aromatic heterocycles. The Morgan fingerprint density at radius 1 is 1.06 bits per heavy atom. The largest absolute Gasteiger partial charge is 0.491 e. The zero-order chi connectivity index (χ0) is 12.1. The highest BCUT2D eigenvalue weighted by Gasteiger charge is 2.07. The van der Waals surface area contributed by atoms with Crippen LogP contribution in [-0.2, 0) is 0 Å². The fraction of sp³-hybridized carbons (Fsp3) is 0.538. The molecule has 3 nitrogen and oxygen atoms in total. The molecular formula is C13H21NO2. The van der Waals surface area contributed by atoms with E-state index in [1.165, 1.54) is 0 Å². The minimum absolute atomic E-state index is 0.0388. The summed E-state index contributed by atoms with van der Waals surface area (Å²) in [5.74, 6) is 0.866. The van der Waals surface area contributed by atoms with Crippen LogP contribution in [0.1, 0.15) is 27.7 Å². The lowest BCUT2D eigenvalue weighted by Crippen LogP contribution is -2.27. The number of aliphatic hydroxyl groups excluding tert-OH is 1. The van der Waals surface area contributed by atoms with E-state index in [2.05, 4.69) is 5.32 Å². The lowest BCUT2D eigenvalue weighted by molar-refractivity contribution is 0.178. The molecule has 16 heavy (non-hydrogen) atoms. The van der Waals surface area contributed by atoms with Crippen molar-refractivity contribution in [2.75, 3.05) is 5.32 Å². The normalized spacial score (nSPS) is 14.6. The summed E-state index contributed by atoms with van der Waals surface area (Å²) in [6.07, 6.45) is -0.179. The molecule has 3 heteroatoms. The number of benzene rings is 1. The van der Waals surface area contributed by atoms with Gasteiger partial charge in [0.2, 0.25) is 0 Å². The van der Waals surface area contributed by atoms with Crippen molar-refractivity contribution in [2.45, 2.75) is 45.9 Å². The quantitative estimate of drug-likeness (QED) is 0.806. The molecule has 0 radical (unpaired) electrons. The van der Waals surface area contributed by atoms with Gasteiger partial charge >= 0.3 is 0 Å². The smallest absolute Gasteiger partial charge is 0.119 e. The number of ether oxygens (including phenoxy) is 1. The van der Waals surface area contributed by atoms with Crippen LogP contribution >= 0.6 is 0 Å². The van der Waals surface area contributed by atoms with Gasteiger partial charge in [-0.15, -0.1) is 0 Å². The van der Waals surface area contributed by atoms with Crippen LogP contribution < -0.4 is 10.1 Å². The molecule has 90 valence electrons. The summed E-state index contributed by atoms with van der Waals surface area (Å²) < 4.78 is 5.54. The predicted molar refractivity (Wildman–Crippen MR) is 67.0 cm³/mol. The first kappa shape index (κ1) is 12.8. The summed E-state index contributed by atoms with van der Waals surface area (Å²) >= 11 is 0. The number of hydrogen-bond donors (Lipinski definition) is 2.